The molecule has 6 heteroatoms. The predicted octanol–water partition coefficient (Wildman–Crippen LogP) is 4.19. The van der Waals surface area contributed by atoms with Crippen molar-refractivity contribution in [1.29, 1.82) is 0 Å². The molecule has 1 atom stereocenters. The van der Waals surface area contributed by atoms with Gasteiger partial charge in [-0.3, -0.25) is 9.59 Å². The Hall–Kier alpha value is -2.73. The van der Waals surface area contributed by atoms with E-state index < -0.39 is 6.10 Å². The summed E-state index contributed by atoms with van der Waals surface area (Å²) in [6.07, 6.45) is 0.800. The lowest BCUT2D eigenvalue weighted by atomic mass is 10.2. The maximum Gasteiger partial charge on any atom is 0.306 e. The van der Waals surface area contributed by atoms with E-state index in [1.807, 2.05) is 42.5 Å². The van der Waals surface area contributed by atoms with E-state index in [0.717, 1.165) is 21.6 Å². The molecule has 5 nitrogen and oxygen atoms in total. The van der Waals surface area contributed by atoms with Gasteiger partial charge in [-0.25, -0.2) is 4.98 Å². The highest BCUT2D eigenvalue weighted by Crippen LogP contribution is 2.22. The number of thiazole rings is 1. The highest BCUT2D eigenvalue weighted by Gasteiger charge is 2.17. The van der Waals surface area contributed by atoms with E-state index in [1.54, 1.807) is 30.4 Å². The molecule has 0 aliphatic rings. The number of benzene rings is 2. The standard InChI is InChI=1S/C20H20N2O3S/c1-14(20(24)21-15-8-3-2-4-9-15)25-19(23)13-7-12-18-22-16-10-5-6-11-17(16)26-18/h2-6,8-11,14H,7,12-13H2,1H3,(H,21,24). The Morgan fingerprint density at radius 2 is 1.85 bits per heavy atom. The van der Waals surface area contributed by atoms with E-state index in [4.69, 9.17) is 4.74 Å². The van der Waals surface area contributed by atoms with Crippen LogP contribution in [0.25, 0.3) is 10.2 Å². The molecule has 1 unspecified atom stereocenters. The first-order valence-corrected chi connectivity index (χ1v) is 9.33. The summed E-state index contributed by atoms with van der Waals surface area (Å²) in [6, 6.07) is 17.1. The van der Waals surface area contributed by atoms with Gasteiger partial charge in [0.15, 0.2) is 6.10 Å². The van der Waals surface area contributed by atoms with E-state index in [-0.39, 0.29) is 18.3 Å². The Balaban J connectivity index is 1.42. The van der Waals surface area contributed by atoms with Crippen LogP contribution < -0.4 is 5.32 Å². The number of aryl methyl sites for hydroxylation is 1. The van der Waals surface area contributed by atoms with Gasteiger partial charge in [-0.2, -0.15) is 0 Å². The number of hydrogen-bond donors (Lipinski definition) is 1. The minimum absolute atomic E-state index is 0.263. The Morgan fingerprint density at radius 1 is 1.12 bits per heavy atom. The van der Waals surface area contributed by atoms with Gasteiger partial charge in [0.05, 0.1) is 15.2 Å². The summed E-state index contributed by atoms with van der Waals surface area (Å²) >= 11 is 1.64. The Kier molecular flexibility index (Phi) is 5.96. The van der Waals surface area contributed by atoms with E-state index in [2.05, 4.69) is 10.3 Å². The summed E-state index contributed by atoms with van der Waals surface area (Å²) in [5, 5.41) is 3.73. The van der Waals surface area contributed by atoms with E-state index in [1.165, 1.54) is 0 Å². The van der Waals surface area contributed by atoms with Crippen LogP contribution in [0.15, 0.2) is 54.6 Å². The van der Waals surface area contributed by atoms with Gasteiger partial charge in [0.1, 0.15) is 0 Å². The molecule has 26 heavy (non-hydrogen) atoms. The van der Waals surface area contributed by atoms with Crippen LogP contribution in [-0.4, -0.2) is 23.0 Å². The molecule has 2 aromatic carbocycles. The number of hydrogen-bond acceptors (Lipinski definition) is 5. The predicted molar refractivity (Wildman–Crippen MR) is 103 cm³/mol. The number of rotatable bonds is 7. The number of carbonyl (C=O) groups is 2. The van der Waals surface area contributed by atoms with Crippen molar-refractivity contribution in [3.05, 3.63) is 59.6 Å². The van der Waals surface area contributed by atoms with Crippen LogP contribution >= 0.6 is 11.3 Å². The van der Waals surface area contributed by atoms with Gasteiger partial charge >= 0.3 is 5.97 Å². The second kappa shape index (κ2) is 8.58. The molecule has 0 saturated heterocycles. The highest BCUT2D eigenvalue weighted by atomic mass is 32.1. The van der Waals surface area contributed by atoms with Crippen molar-refractivity contribution in [3.8, 4) is 0 Å². The number of fused-ring (bicyclic) bond motifs is 1. The van der Waals surface area contributed by atoms with E-state index in [0.29, 0.717) is 12.1 Å². The fourth-order valence-corrected chi connectivity index (χ4v) is 3.49. The summed E-state index contributed by atoms with van der Waals surface area (Å²) in [7, 11) is 0. The number of nitrogens with one attached hydrogen (secondary N) is 1. The third-order valence-electron chi connectivity index (χ3n) is 3.83. The molecule has 0 aliphatic heterocycles. The molecule has 0 fully saturated rings. The number of amides is 1. The molecule has 0 aliphatic carbocycles. The number of aromatic nitrogens is 1. The molecule has 0 spiro atoms. The molecule has 0 radical (unpaired) electrons. The lowest BCUT2D eigenvalue weighted by Crippen LogP contribution is -2.29. The summed E-state index contributed by atoms with van der Waals surface area (Å²) in [4.78, 5) is 28.5. The molecular weight excluding hydrogens is 348 g/mol. The quantitative estimate of drug-likeness (QED) is 0.635. The second-order valence-corrected chi connectivity index (χ2v) is 7.03. The van der Waals surface area contributed by atoms with Crippen LogP contribution in [0.3, 0.4) is 0 Å². The van der Waals surface area contributed by atoms with E-state index >= 15 is 0 Å². The smallest absolute Gasteiger partial charge is 0.306 e. The molecule has 3 rings (SSSR count). The van der Waals surface area contributed by atoms with Crippen molar-refractivity contribution in [2.75, 3.05) is 5.32 Å². The van der Waals surface area contributed by atoms with Crippen LogP contribution in [0.4, 0.5) is 5.69 Å². The molecular formula is C20H20N2O3S. The number of esters is 1. The Bertz CT molecular complexity index is 859. The first-order chi connectivity index (χ1) is 12.6. The van der Waals surface area contributed by atoms with Crippen molar-refractivity contribution in [1.82, 2.24) is 4.98 Å². The second-order valence-electron chi connectivity index (χ2n) is 5.92. The fourth-order valence-electron chi connectivity index (χ4n) is 2.49. The van der Waals surface area contributed by atoms with Crippen LogP contribution in [0.2, 0.25) is 0 Å². The molecule has 1 amide bonds. The van der Waals surface area contributed by atoms with Crippen LogP contribution in [-0.2, 0) is 20.7 Å². The number of ether oxygens (including phenoxy) is 1. The molecule has 1 aromatic heterocycles. The van der Waals surface area contributed by atoms with Gasteiger partial charge in [-0.1, -0.05) is 30.3 Å². The monoisotopic (exact) mass is 368 g/mol. The van der Waals surface area contributed by atoms with Crippen molar-refractivity contribution in [3.63, 3.8) is 0 Å². The summed E-state index contributed by atoms with van der Waals surface area (Å²) in [6.45, 7) is 1.57. The topological polar surface area (TPSA) is 68.3 Å². The van der Waals surface area contributed by atoms with Gasteiger partial charge in [-0.05, 0) is 44.0 Å². The minimum Gasteiger partial charge on any atom is -0.453 e. The molecule has 1 N–H and O–H groups in total. The van der Waals surface area contributed by atoms with Crippen molar-refractivity contribution >= 4 is 39.1 Å². The summed E-state index contributed by atoms with van der Waals surface area (Å²) in [5.74, 6) is -0.711. The Morgan fingerprint density at radius 3 is 2.62 bits per heavy atom. The third kappa shape index (κ3) is 4.89. The maximum atomic E-state index is 12.0. The number of para-hydroxylation sites is 2. The zero-order valence-electron chi connectivity index (χ0n) is 14.5. The molecule has 3 aromatic rings. The van der Waals surface area contributed by atoms with Crippen LogP contribution in [0, 0.1) is 0 Å². The summed E-state index contributed by atoms with van der Waals surface area (Å²) < 4.78 is 6.36. The molecule has 1 heterocycles. The van der Waals surface area contributed by atoms with Crippen molar-refractivity contribution in [2.24, 2.45) is 0 Å². The third-order valence-corrected chi connectivity index (χ3v) is 4.92. The number of anilines is 1. The fraction of sp³-hybridized carbons (Fsp3) is 0.250. The van der Waals surface area contributed by atoms with Gasteiger partial charge in [0.2, 0.25) is 0 Å². The average molecular weight is 368 g/mol. The largest absolute Gasteiger partial charge is 0.453 e. The minimum atomic E-state index is -0.829. The normalized spacial score (nSPS) is 11.9. The lowest BCUT2D eigenvalue weighted by Gasteiger charge is -2.13. The van der Waals surface area contributed by atoms with Gasteiger partial charge < -0.3 is 10.1 Å². The first-order valence-electron chi connectivity index (χ1n) is 8.51. The van der Waals surface area contributed by atoms with Crippen LogP contribution in [0.5, 0.6) is 0 Å². The zero-order valence-corrected chi connectivity index (χ0v) is 15.3. The SMILES string of the molecule is CC(OC(=O)CCCc1nc2ccccc2s1)C(=O)Nc1ccccc1. The maximum absolute atomic E-state index is 12.0. The molecule has 0 bridgehead atoms. The van der Waals surface area contributed by atoms with Gasteiger partial charge in [0.25, 0.3) is 5.91 Å². The summed E-state index contributed by atoms with van der Waals surface area (Å²) in [5.41, 5.74) is 1.66. The Labute approximate surface area is 156 Å². The van der Waals surface area contributed by atoms with Crippen LogP contribution in [0.1, 0.15) is 24.8 Å². The number of carbonyl (C=O) groups excluding carboxylic acids is 2. The van der Waals surface area contributed by atoms with Crippen molar-refractivity contribution in [2.45, 2.75) is 32.3 Å². The van der Waals surface area contributed by atoms with Crippen molar-refractivity contribution < 1.29 is 14.3 Å². The molecule has 134 valence electrons. The number of nitrogens with zero attached hydrogens (tertiary/aromatic N) is 1. The lowest BCUT2D eigenvalue weighted by molar-refractivity contribution is -0.153. The molecule has 0 saturated carbocycles. The zero-order chi connectivity index (χ0) is 18.4. The first kappa shape index (κ1) is 18.1. The van der Waals surface area contributed by atoms with Gasteiger partial charge in [-0.15, -0.1) is 11.3 Å². The average Bonchev–Trinajstić information content (AvgIpc) is 3.05. The highest BCUT2D eigenvalue weighted by molar-refractivity contribution is 7.18. The van der Waals surface area contributed by atoms with E-state index in [9.17, 15) is 9.59 Å². The van der Waals surface area contributed by atoms with Gasteiger partial charge in [0, 0.05) is 12.1 Å².